The average molecular weight is 341 g/mol. The smallest absolute Gasteiger partial charge is 0.354 e. The molecule has 118 valence electrons. The number of esters is 1. The zero-order valence-corrected chi connectivity index (χ0v) is 14.0. The van der Waals surface area contributed by atoms with Crippen LogP contribution in [0.4, 0.5) is 0 Å². The molecule has 2 aromatic rings. The number of thiazole rings is 1. The second kappa shape index (κ2) is 6.45. The van der Waals surface area contributed by atoms with Crippen LogP contribution in [0.15, 0.2) is 29.2 Å². The Labute approximate surface area is 132 Å². The first-order valence-electron chi connectivity index (χ1n) is 6.49. The Bertz CT molecular complexity index is 778. The van der Waals surface area contributed by atoms with Crippen molar-refractivity contribution >= 4 is 27.4 Å². The second-order valence-corrected chi connectivity index (χ2v) is 7.19. The molecule has 8 heteroatoms. The summed E-state index contributed by atoms with van der Waals surface area (Å²) in [5.74, 6) is -0.899. The van der Waals surface area contributed by atoms with Gasteiger partial charge in [-0.3, -0.25) is 0 Å². The molecule has 6 nitrogen and oxygen atoms in total. The van der Waals surface area contributed by atoms with E-state index in [9.17, 15) is 13.2 Å². The first-order valence-corrected chi connectivity index (χ1v) is 8.71. The fourth-order valence-corrected chi connectivity index (χ4v) is 3.33. The normalized spacial score (nSPS) is 11.2. The standard InChI is InChI=1S/C14H15NO5S2/c1-4-19-14(16)12-13(15-10(3)21-12)20-22(17,18)11-7-5-9(2)6-8-11/h5-8H,4H2,1-3H3. The lowest BCUT2D eigenvalue weighted by molar-refractivity contribution is 0.0530. The van der Waals surface area contributed by atoms with Crippen LogP contribution in [-0.2, 0) is 14.9 Å². The third-order valence-corrected chi connectivity index (χ3v) is 4.82. The van der Waals surface area contributed by atoms with E-state index in [1.54, 1.807) is 26.0 Å². The van der Waals surface area contributed by atoms with Gasteiger partial charge in [-0.2, -0.15) is 8.42 Å². The Hall–Kier alpha value is -1.93. The van der Waals surface area contributed by atoms with Crippen LogP contribution in [0, 0.1) is 13.8 Å². The minimum absolute atomic E-state index is 0.00133. The molecule has 0 spiro atoms. The van der Waals surface area contributed by atoms with Gasteiger partial charge in [0.25, 0.3) is 5.88 Å². The maximum Gasteiger partial charge on any atom is 0.354 e. The van der Waals surface area contributed by atoms with Crippen molar-refractivity contribution in [3.63, 3.8) is 0 Å². The van der Waals surface area contributed by atoms with Crippen LogP contribution in [0.3, 0.4) is 0 Å². The van der Waals surface area contributed by atoms with Gasteiger partial charge in [0.15, 0.2) is 4.88 Å². The summed E-state index contributed by atoms with van der Waals surface area (Å²) in [6, 6.07) is 6.20. The second-order valence-electron chi connectivity index (χ2n) is 4.44. The molecule has 1 aromatic heterocycles. The highest BCUT2D eigenvalue weighted by Gasteiger charge is 2.25. The predicted molar refractivity (Wildman–Crippen MR) is 81.8 cm³/mol. The molecule has 0 radical (unpaired) electrons. The van der Waals surface area contributed by atoms with E-state index in [1.807, 2.05) is 6.92 Å². The van der Waals surface area contributed by atoms with Crippen molar-refractivity contribution in [2.75, 3.05) is 6.61 Å². The fourth-order valence-electron chi connectivity index (χ4n) is 1.65. The van der Waals surface area contributed by atoms with Gasteiger partial charge in [-0.25, -0.2) is 9.78 Å². The van der Waals surface area contributed by atoms with Gasteiger partial charge in [0.1, 0.15) is 4.90 Å². The maximum atomic E-state index is 12.2. The largest absolute Gasteiger partial charge is 0.462 e. The number of hydrogen-bond donors (Lipinski definition) is 0. The van der Waals surface area contributed by atoms with Crippen LogP contribution in [0.5, 0.6) is 5.88 Å². The van der Waals surface area contributed by atoms with E-state index < -0.39 is 16.1 Å². The maximum absolute atomic E-state index is 12.2. The van der Waals surface area contributed by atoms with E-state index in [4.69, 9.17) is 8.92 Å². The van der Waals surface area contributed by atoms with Crippen molar-refractivity contribution in [3.05, 3.63) is 39.7 Å². The van der Waals surface area contributed by atoms with Crippen LogP contribution in [-0.4, -0.2) is 26.0 Å². The highest BCUT2D eigenvalue weighted by atomic mass is 32.2. The number of carbonyl (C=O) groups is 1. The molecule has 22 heavy (non-hydrogen) atoms. The third-order valence-electron chi connectivity index (χ3n) is 2.66. The summed E-state index contributed by atoms with van der Waals surface area (Å²) in [5.41, 5.74) is 0.927. The summed E-state index contributed by atoms with van der Waals surface area (Å²) in [6.45, 7) is 5.34. The van der Waals surface area contributed by atoms with E-state index in [-0.39, 0.29) is 22.3 Å². The van der Waals surface area contributed by atoms with Crippen LogP contribution in [0.25, 0.3) is 0 Å². The van der Waals surface area contributed by atoms with Crippen molar-refractivity contribution in [1.82, 2.24) is 4.98 Å². The van der Waals surface area contributed by atoms with Gasteiger partial charge in [-0.05, 0) is 32.9 Å². The summed E-state index contributed by atoms with van der Waals surface area (Å²) in [4.78, 5) is 15.8. The fraction of sp³-hybridized carbons (Fsp3) is 0.286. The Kier molecular flexibility index (Phi) is 4.82. The average Bonchev–Trinajstić information content (AvgIpc) is 2.79. The molecule has 0 saturated carbocycles. The number of nitrogens with zero attached hydrogens (tertiary/aromatic N) is 1. The zero-order chi connectivity index (χ0) is 16.3. The van der Waals surface area contributed by atoms with Gasteiger partial charge in [-0.1, -0.05) is 17.7 Å². The van der Waals surface area contributed by atoms with Gasteiger partial charge < -0.3 is 8.92 Å². The lowest BCUT2D eigenvalue weighted by atomic mass is 10.2. The van der Waals surface area contributed by atoms with Crippen molar-refractivity contribution in [2.45, 2.75) is 25.7 Å². The van der Waals surface area contributed by atoms with Crippen molar-refractivity contribution in [3.8, 4) is 5.88 Å². The van der Waals surface area contributed by atoms with E-state index in [0.29, 0.717) is 5.01 Å². The molecule has 0 atom stereocenters. The highest BCUT2D eigenvalue weighted by molar-refractivity contribution is 7.87. The van der Waals surface area contributed by atoms with Gasteiger partial charge >= 0.3 is 16.1 Å². The Morgan fingerprint density at radius 1 is 1.23 bits per heavy atom. The molecule has 0 unspecified atom stereocenters. The molecule has 0 N–H and O–H groups in total. The number of carbonyl (C=O) groups excluding carboxylic acids is 1. The van der Waals surface area contributed by atoms with Crippen LogP contribution in [0.1, 0.15) is 27.2 Å². The number of aromatic nitrogens is 1. The monoisotopic (exact) mass is 341 g/mol. The molecule has 0 aliphatic rings. The molecule has 0 saturated heterocycles. The van der Waals surface area contributed by atoms with Gasteiger partial charge in [0.05, 0.1) is 11.6 Å². The third kappa shape index (κ3) is 3.63. The SMILES string of the molecule is CCOC(=O)c1sc(C)nc1OS(=O)(=O)c1ccc(C)cc1. The minimum Gasteiger partial charge on any atom is -0.462 e. The summed E-state index contributed by atoms with van der Waals surface area (Å²) >= 11 is 1.03. The molecule has 0 amide bonds. The van der Waals surface area contributed by atoms with Crippen molar-refractivity contribution in [2.24, 2.45) is 0 Å². The van der Waals surface area contributed by atoms with Gasteiger partial charge in [0, 0.05) is 0 Å². The summed E-state index contributed by atoms with van der Waals surface area (Å²) in [5, 5.41) is 0.511. The van der Waals surface area contributed by atoms with Gasteiger partial charge in [0.2, 0.25) is 0 Å². The highest BCUT2D eigenvalue weighted by Crippen LogP contribution is 2.28. The topological polar surface area (TPSA) is 82.6 Å². The minimum atomic E-state index is -4.05. The predicted octanol–water partition coefficient (Wildman–Crippen LogP) is 2.70. The van der Waals surface area contributed by atoms with E-state index >= 15 is 0 Å². The molecule has 2 rings (SSSR count). The quantitative estimate of drug-likeness (QED) is 0.614. The number of aryl methyl sites for hydroxylation is 2. The molecule has 1 heterocycles. The molecular formula is C14H15NO5S2. The van der Waals surface area contributed by atoms with Crippen molar-refractivity contribution < 1.29 is 22.1 Å². The number of ether oxygens (including phenoxy) is 1. The van der Waals surface area contributed by atoms with E-state index in [0.717, 1.165) is 16.9 Å². The summed E-state index contributed by atoms with van der Waals surface area (Å²) in [6.07, 6.45) is 0. The first-order chi connectivity index (χ1) is 10.3. The molecule has 0 aliphatic carbocycles. The molecule has 0 fully saturated rings. The van der Waals surface area contributed by atoms with Crippen LogP contribution < -0.4 is 4.18 Å². The Morgan fingerprint density at radius 3 is 2.45 bits per heavy atom. The lowest BCUT2D eigenvalue weighted by Gasteiger charge is -2.06. The van der Waals surface area contributed by atoms with Crippen molar-refractivity contribution in [1.29, 1.82) is 0 Å². The van der Waals surface area contributed by atoms with Crippen LogP contribution in [0.2, 0.25) is 0 Å². The molecule has 1 aromatic carbocycles. The Balaban J connectivity index is 2.34. The van der Waals surface area contributed by atoms with Gasteiger partial charge in [-0.15, -0.1) is 11.3 Å². The number of hydrogen-bond acceptors (Lipinski definition) is 7. The molecular weight excluding hydrogens is 326 g/mol. The summed E-state index contributed by atoms with van der Waals surface area (Å²) in [7, 11) is -4.05. The first kappa shape index (κ1) is 16.4. The van der Waals surface area contributed by atoms with E-state index in [1.165, 1.54) is 12.1 Å². The Morgan fingerprint density at radius 2 is 1.86 bits per heavy atom. The van der Waals surface area contributed by atoms with E-state index in [2.05, 4.69) is 4.98 Å². The molecule has 0 aliphatic heterocycles. The lowest BCUT2D eigenvalue weighted by Crippen LogP contribution is -2.13. The molecule has 0 bridgehead atoms. The van der Waals surface area contributed by atoms with Crippen LogP contribution >= 0.6 is 11.3 Å². The number of rotatable bonds is 5. The zero-order valence-electron chi connectivity index (χ0n) is 12.3. The summed E-state index contributed by atoms with van der Waals surface area (Å²) < 4.78 is 34.4. The number of benzene rings is 1.